The van der Waals surface area contributed by atoms with Crippen molar-refractivity contribution in [3.63, 3.8) is 0 Å². The number of hydrogen-bond donors (Lipinski definition) is 2. The van der Waals surface area contributed by atoms with Crippen molar-refractivity contribution >= 4 is 11.4 Å². The molecule has 0 heterocycles. The molecule has 0 radical (unpaired) electrons. The molecule has 4 rings (SSSR count). The van der Waals surface area contributed by atoms with E-state index in [1.807, 2.05) is 0 Å². The highest BCUT2D eigenvalue weighted by atomic mass is 14.6. The third-order valence-corrected chi connectivity index (χ3v) is 6.34. The minimum atomic E-state index is 0.295. The number of aryl methyl sites for hydroxylation is 2. The Morgan fingerprint density at radius 3 is 2.30 bits per heavy atom. The monoisotopic (exact) mass is 306 g/mol. The zero-order valence-electron chi connectivity index (χ0n) is 14.1. The lowest BCUT2D eigenvalue weighted by Gasteiger charge is -2.38. The Morgan fingerprint density at radius 1 is 0.957 bits per heavy atom. The van der Waals surface area contributed by atoms with E-state index in [9.17, 15) is 0 Å². The highest BCUT2D eigenvalue weighted by Crippen LogP contribution is 2.63. The molecule has 2 heteroatoms. The molecule has 0 amide bonds. The Hall–Kier alpha value is -1.96. The maximum absolute atomic E-state index is 5.99. The van der Waals surface area contributed by atoms with Crippen LogP contribution in [0.15, 0.2) is 36.4 Å². The fourth-order valence-electron chi connectivity index (χ4n) is 5.45. The van der Waals surface area contributed by atoms with Crippen molar-refractivity contribution in [2.75, 3.05) is 11.5 Å². The van der Waals surface area contributed by atoms with E-state index in [4.69, 9.17) is 11.5 Å². The predicted molar refractivity (Wildman–Crippen MR) is 97.6 cm³/mol. The largest absolute Gasteiger partial charge is 0.399 e. The molecule has 2 aromatic carbocycles. The molecule has 2 saturated carbocycles. The molecular formula is C21H26N2. The third kappa shape index (κ3) is 2.15. The molecule has 4 N–H and O–H groups in total. The second-order valence-corrected chi connectivity index (χ2v) is 7.74. The molecule has 0 aliphatic heterocycles. The average Bonchev–Trinajstić information content (AvgIpc) is 3.06. The topological polar surface area (TPSA) is 52.0 Å². The van der Waals surface area contributed by atoms with Crippen LogP contribution in [0.25, 0.3) is 0 Å². The molecule has 2 fully saturated rings. The van der Waals surface area contributed by atoms with Crippen molar-refractivity contribution in [1.29, 1.82) is 0 Å². The predicted octanol–water partition coefficient (Wildman–Crippen LogP) is 4.69. The number of nitrogens with two attached hydrogens (primary N) is 2. The van der Waals surface area contributed by atoms with E-state index in [1.165, 1.54) is 47.9 Å². The first kappa shape index (κ1) is 14.6. The van der Waals surface area contributed by atoms with Crippen LogP contribution in [0.2, 0.25) is 0 Å². The summed E-state index contributed by atoms with van der Waals surface area (Å²) in [6.45, 7) is 4.43. The van der Waals surface area contributed by atoms with Gasteiger partial charge in [0.25, 0.3) is 0 Å². The highest BCUT2D eigenvalue weighted by Gasteiger charge is 2.53. The summed E-state index contributed by atoms with van der Waals surface area (Å²) in [5.74, 6) is 1.48. The van der Waals surface area contributed by atoms with Gasteiger partial charge in [0.05, 0.1) is 0 Å². The van der Waals surface area contributed by atoms with Crippen LogP contribution in [0.5, 0.6) is 0 Å². The van der Waals surface area contributed by atoms with E-state index in [0.29, 0.717) is 11.3 Å². The lowest BCUT2D eigenvalue weighted by Crippen LogP contribution is -2.30. The summed E-state index contributed by atoms with van der Waals surface area (Å²) in [5.41, 5.74) is 19.7. The fourth-order valence-corrected chi connectivity index (χ4v) is 5.45. The first-order valence-corrected chi connectivity index (χ1v) is 8.72. The summed E-state index contributed by atoms with van der Waals surface area (Å²) < 4.78 is 0. The van der Waals surface area contributed by atoms with Crippen LogP contribution in [0.1, 0.15) is 53.9 Å². The van der Waals surface area contributed by atoms with E-state index in [0.717, 1.165) is 17.3 Å². The summed E-state index contributed by atoms with van der Waals surface area (Å²) in [5, 5.41) is 0. The van der Waals surface area contributed by atoms with Crippen LogP contribution in [-0.2, 0) is 5.41 Å². The highest BCUT2D eigenvalue weighted by molar-refractivity contribution is 5.52. The van der Waals surface area contributed by atoms with Crippen molar-refractivity contribution in [3.8, 4) is 0 Å². The quantitative estimate of drug-likeness (QED) is 0.791. The second kappa shape index (κ2) is 5.02. The molecule has 0 saturated heterocycles. The Morgan fingerprint density at radius 2 is 1.65 bits per heavy atom. The summed E-state index contributed by atoms with van der Waals surface area (Å²) in [4.78, 5) is 0. The van der Waals surface area contributed by atoms with Gasteiger partial charge in [0.2, 0.25) is 0 Å². The molecular weight excluding hydrogens is 280 g/mol. The number of hydrogen-bond acceptors (Lipinski definition) is 2. The maximum atomic E-state index is 5.99. The molecule has 2 bridgehead atoms. The van der Waals surface area contributed by atoms with Crippen LogP contribution >= 0.6 is 0 Å². The van der Waals surface area contributed by atoms with Crippen LogP contribution in [0, 0.1) is 19.8 Å². The molecule has 120 valence electrons. The van der Waals surface area contributed by atoms with Crippen molar-refractivity contribution in [3.05, 3.63) is 58.7 Å². The van der Waals surface area contributed by atoms with E-state index >= 15 is 0 Å². The van der Waals surface area contributed by atoms with Gasteiger partial charge in [-0.3, -0.25) is 0 Å². The molecule has 2 nitrogen and oxygen atoms in total. The van der Waals surface area contributed by atoms with Crippen molar-refractivity contribution in [1.82, 2.24) is 0 Å². The molecule has 3 unspecified atom stereocenters. The average molecular weight is 306 g/mol. The van der Waals surface area contributed by atoms with Gasteiger partial charge in [-0.1, -0.05) is 12.1 Å². The summed E-state index contributed by atoms with van der Waals surface area (Å²) in [6.07, 6.45) is 5.31. The van der Waals surface area contributed by atoms with Crippen molar-refractivity contribution < 1.29 is 0 Å². The van der Waals surface area contributed by atoms with Crippen LogP contribution in [0.3, 0.4) is 0 Å². The van der Waals surface area contributed by atoms with Gasteiger partial charge in [-0.15, -0.1) is 0 Å². The van der Waals surface area contributed by atoms with E-state index in [-0.39, 0.29) is 0 Å². The Kier molecular flexibility index (Phi) is 3.19. The van der Waals surface area contributed by atoms with Gasteiger partial charge in [-0.25, -0.2) is 0 Å². The number of rotatable bonds is 2. The zero-order valence-corrected chi connectivity index (χ0v) is 14.1. The molecule has 23 heavy (non-hydrogen) atoms. The number of anilines is 2. The minimum Gasteiger partial charge on any atom is -0.399 e. The van der Waals surface area contributed by atoms with E-state index < -0.39 is 0 Å². The van der Waals surface area contributed by atoms with Gasteiger partial charge in [0.1, 0.15) is 0 Å². The smallest absolute Gasteiger partial charge is 0.0316 e. The van der Waals surface area contributed by atoms with Crippen LogP contribution in [0.4, 0.5) is 11.4 Å². The number of fused-ring (bicyclic) bond motifs is 2. The first-order chi connectivity index (χ1) is 11.0. The van der Waals surface area contributed by atoms with Crippen molar-refractivity contribution in [2.45, 2.75) is 50.9 Å². The normalized spacial score (nSPS) is 29.1. The Balaban J connectivity index is 1.84. The van der Waals surface area contributed by atoms with E-state index in [2.05, 4.69) is 50.2 Å². The maximum Gasteiger partial charge on any atom is 0.0316 e. The van der Waals surface area contributed by atoms with Gasteiger partial charge < -0.3 is 11.5 Å². The number of nitrogen functional groups attached to an aromatic ring is 2. The Bertz CT molecular complexity index is 764. The van der Waals surface area contributed by atoms with Gasteiger partial charge in [-0.2, -0.15) is 0 Å². The second-order valence-electron chi connectivity index (χ2n) is 7.74. The van der Waals surface area contributed by atoms with Gasteiger partial charge >= 0.3 is 0 Å². The zero-order chi connectivity index (χ0) is 16.2. The van der Waals surface area contributed by atoms with E-state index in [1.54, 1.807) is 0 Å². The van der Waals surface area contributed by atoms with Gasteiger partial charge in [0.15, 0.2) is 0 Å². The molecule has 2 aromatic rings. The third-order valence-electron chi connectivity index (χ3n) is 6.34. The molecule has 2 aliphatic carbocycles. The summed E-state index contributed by atoms with van der Waals surface area (Å²) >= 11 is 0. The fraction of sp³-hybridized carbons (Fsp3) is 0.429. The number of benzene rings is 2. The van der Waals surface area contributed by atoms with Crippen molar-refractivity contribution in [2.24, 2.45) is 5.92 Å². The van der Waals surface area contributed by atoms with Gasteiger partial charge in [-0.05, 0) is 97.9 Å². The molecule has 3 atom stereocenters. The SMILES string of the molecule is Cc1cc(N)ccc1C1CC2CCC1(c1ccc(N)cc1C)C2. The Labute approximate surface area is 138 Å². The molecule has 2 aliphatic rings. The lowest BCUT2D eigenvalue weighted by molar-refractivity contribution is 0.357. The summed E-state index contributed by atoms with van der Waals surface area (Å²) in [7, 11) is 0. The molecule has 0 spiro atoms. The first-order valence-electron chi connectivity index (χ1n) is 8.72. The van der Waals surface area contributed by atoms with Gasteiger partial charge in [0, 0.05) is 16.8 Å². The lowest BCUT2D eigenvalue weighted by atomic mass is 9.66. The standard InChI is InChI=1S/C21H26N2/c1-13-9-16(22)3-5-18(13)20-11-15-7-8-21(20,12-15)19-6-4-17(23)10-14(19)2/h3-6,9-10,15,20H,7-8,11-12,22-23H2,1-2H3. The molecule has 0 aromatic heterocycles. The summed E-state index contributed by atoms with van der Waals surface area (Å²) in [6, 6.07) is 13.0. The van der Waals surface area contributed by atoms with Crippen LogP contribution < -0.4 is 11.5 Å². The van der Waals surface area contributed by atoms with Crippen LogP contribution in [-0.4, -0.2) is 0 Å². The minimum absolute atomic E-state index is 0.295.